The average molecular weight is 340 g/mol. The molecule has 2 aromatic rings. The Balaban J connectivity index is 2.25. The van der Waals surface area contributed by atoms with Crippen LogP contribution < -0.4 is 4.74 Å². The number of esters is 1. The Morgan fingerprint density at radius 1 is 1.11 bits per heavy atom. The molecular formula is C15H12BrClO2. The van der Waals surface area contributed by atoms with Crippen LogP contribution in [0.1, 0.15) is 21.5 Å². The van der Waals surface area contributed by atoms with E-state index in [0.29, 0.717) is 16.3 Å². The van der Waals surface area contributed by atoms with Crippen LogP contribution in [0.25, 0.3) is 0 Å². The van der Waals surface area contributed by atoms with E-state index in [-0.39, 0.29) is 0 Å². The van der Waals surface area contributed by atoms with Crippen LogP contribution in [-0.4, -0.2) is 5.97 Å². The zero-order valence-corrected chi connectivity index (χ0v) is 12.9. The molecule has 0 bridgehead atoms. The average Bonchev–Trinajstić information content (AvgIpc) is 2.31. The van der Waals surface area contributed by atoms with Gasteiger partial charge in [0, 0.05) is 4.47 Å². The van der Waals surface area contributed by atoms with E-state index in [1.165, 1.54) is 0 Å². The summed E-state index contributed by atoms with van der Waals surface area (Å²) in [6.07, 6.45) is 0. The molecule has 0 aliphatic carbocycles. The van der Waals surface area contributed by atoms with E-state index in [2.05, 4.69) is 15.9 Å². The number of carbonyl (C=O) groups excluding carboxylic acids is 1. The molecule has 2 rings (SSSR count). The van der Waals surface area contributed by atoms with Gasteiger partial charge in [0.05, 0.1) is 10.6 Å². The summed E-state index contributed by atoms with van der Waals surface area (Å²) >= 11 is 9.32. The first-order valence-corrected chi connectivity index (χ1v) is 6.88. The van der Waals surface area contributed by atoms with Gasteiger partial charge in [-0.15, -0.1) is 0 Å². The highest BCUT2D eigenvalue weighted by molar-refractivity contribution is 9.10. The molecule has 0 atom stereocenters. The molecule has 0 saturated carbocycles. The first-order valence-electron chi connectivity index (χ1n) is 5.71. The first-order chi connectivity index (χ1) is 8.95. The molecule has 0 saturated heterocycles. The second-order valence-corrected chi connectivity index (χ2v) is 5.66. The molecule has 0 radical (unpaired) electrons. The molecule has 0 spiro atoms. The van der Waals surface area contributed by atoms with Gasteiger partial charge >= 0.3 is 5.97 Å². The molecule has 0 fully saturated rings. The lowest BCUT2D eigenvalue weighted by molar-refractivity contribution is 0.0734. The number of benzene rings is 2. The molecule has 0 unspecified atom stereocenters. The summed E-state index contributed by atoms with van der Waals surface area (Å²) < 4.78 is 6.14. The van der Waals surface area contributed by atoms with Gasteiger partial charge < -0.3 is 4.74 Å². The summed E-state index contributed by atoms with van der Waals surface area (Å²) in [5.41, 5.74) is 2.57. The SMILES string of the molecule is Cc1cc(C)cc(C(=O)Oc2ccc(Br)cc2Cl)c1. The molecule has 0 amide bonds. The number of hydrogen-bond acceptors (Lipinski definition) is 2. The Morgan fingerprint density at radius 2 is 1.74 bits per heavy atom. The Hall–Kier alpha value is -1.32. The van der Waals surface area contributed by atoms with Crippen molar-refractivity contribution in [3.63, 3.8) is 0 Å². The maximum absolute atomic E-state index is 12.1. The highest BCUT2D eigenvalue weighted by Gasteiger charge is 2.12. The van der Waals surface area contributed by atoms with Crippen molar-refractivity contribution in [2.75, 3.05) is 0 Å². The molecule has 0 heterocycles. The zero-order valence-electron chi connectivity index (χ0n) is 10.5. The van der Waals surface area contributed by atoms with Crippen molar-refractivity contribution in [2.24, 2.45) is 0 Å². The molecule has 2 aromatic carbocycles. The van der Waals surface area contributed by atoms with Crippen molar-refractivity contribution in [1.29, 1.82) is 0 Å². The first kappa shape index (κ1) is 14.1. The number of aryl methyl sites for hydroxylation is 2. The number of halogens is 2. The van der Waals surface area contributed by atoms with Crippen LogP contribution in [-0.2, 0) is 0 Å². The molecule has 4 heteroatoms. The van der Waals surface area contributed by atoms with E-state index in [1.54, 1.807) is 30.3 Å². The van der Waals surface area contributed by atoms with E-state index in [4.69, 9.17) is 16.3 Å². The minimum atomic E-state index is -0.406. The third-order valence-electron chi connectivity index (χ3n) is 2.55. The zero-order chi connectivity index (χ0) is 14.0. The van der Waals surface area contributed by atoms with Gasteiger partial charge in [-0.05, 0) is 44.2 Å². The molecule has 0 aromatic heterocycles. The molecule has 0 aliphatic heterocycles. The van der Waals surface area contributed by atoms with Gasteiger partial charge in [-0.1, -0.05) is 44.7 Å². The fourth-order valence-corrected chi connectivity index (χ4v) is 2.52. The van der Waals surface area contributed by atoms with Gasteiger partial charge in [-0.2, -0.15) is 0 Å². The van der Waals surface area contributed by atoms with Crippen LogP contribution in [0.15, 0.2) is 40.9 Å². The van der Waals surface area contributed by atoms with E-state index < -0.39 is 5.97 Å². The van der Waals surface area contributed by atoms with Gasteiger partial charge in [0.15, 0.2) is 0 Å². The van der Waals surface area contributed by atoms with Crippen molar-refractivity contribution in [3.05, 3.63) is 62.6 Å². The Bertz CT molecular complexity index is 618. The van der Waals surface area contributed by atoms with Crippen LogP contribution in [0.2, 0.25) is 5.02 Å². The highest BCUT2D eigenvalue weighted by Crippen LogP contribution is 2.28. The minimum absolute atomic E-state index is 0.356. The van der Waals surface area contributed by atoms with E-state index in [0.717, 1.165) is 15.6 Å². The van der Waals surface area contributed by atoms with Gasteiger partial charge in [-0.25, -0.2) is 4.79 Å². The van der Waals surface area contributed by atoms with Gasteiger partial charge in [-0.3, -0.25) is 0 Å². The van der Waals surface area contributed by atoms with Crippen LogP contribution >= 0.6 is 27.5 Å². The second kappa shape index (κ2) is 5.76. The quantitative estimate of drug-likeness (QED) is 0.572. The minimum Gasteiger partial charge on any atom is -0.421 e. The fourth-order valence-electron chi connectivity index (χ4n) is 1.81. The predicted molar refractivity (Wildman–Crippen MR) is 80.0 cm³/mol. The Morgan fingerprint density at radius 3 is 2.32 bits per heavy atom. The van der Waals surface area contributed by atoms with Crippen molar-refractivity contribution >= 4 is 33.5 Å². The molecule has 0 N–H and O–H groups in total. The largest absolute Gasteiger partial charge is 0.421 e. The standard InChI is InChI=1S/C15H12BrClO2/c1-9-5-10(2)7-11(6-9)15(18)19-14-4-3-12(16)8-13(14)17/h3-8H,1-2H3. The maximum Gasteiger partial charge on any atom is 0.343 e. The fraction of sp³-hybridized carbons (Fsp3) is 0.133. The lowest BCUT2D eigenvalue weighted by Crippen LogP contribution is -2.09. The number of hydrogen-bond donors (Lipinski definition) is 0. The second-order valence-electron chi connectivity index (χ2n) is 4.34. The van der Waals surface area contributed by atoms with Crippen molar-refractivity contribution in [1.82, 2.24) is 0 Å². The lowest BCUT2D eigenvalue weighted by Gasteiger charge is -2.08. The van der Waals surface area contributed by atoms with E-state index >= 15 is 0 Å². The van der Waals surface area contributed by atoms with Gasteiger partial charge in [0.1, 0.15) is 5.75 Å². The normalized spacial score (nSPS) is 10.3. The summed E-state index contributed by atoms with van der Waals surface area (Å²) in [6.45, 7) is 3.88. The van der Waals surface area contributed by atoms with Crippen molar-refractivity contribution in [2.45, 2.75) is 13.8 Å². The summed E-state index contributed by atoms with van der Waals surface area (Å²) in [4.78, 5) is 12.1. The van der Waals surface area contributed by atoms with E-state index in [1.807, 2.05) is 19.9 Å². The van der Waals surface area contributed by atoms with Crippen LogP contribution in [0, 0.1) is 13.8 Å². The predicted octanol–water partition coefficient (Wildman–Crippen LogP) is 4.94. The number of carbonyl (C=O) groups is 1. The van der Waals surface area contributed by atoms with Crippen LogP contribution in [0.3, 0.4) is 0 Å². The maximum atomic E-state index is 12.1. The van der Waals surface area contributed by atoms with E-state index in [9.17, 15) is 4.79 Å². The van der Waals surface area contributed by atoms with Crippen molar-refractivity contribution in [3.8, 4) is 5.75 Å². The van der Waals surface area contributed by atoms with Crippen LogP contribution in [0.4, 0.5) is 0 Å². The molecule has 98 valence electrons. The number of rotatable bonds is 2. The van der Waals surface area contributed by atoms with Crippen LogP contribution in [0.5, 0.6) is 5.75 Å². The lowest BCUT2D eigenvalue weighted by atomic mass is 10.1. The Labute approximate surface area is 125 Å². The highest BCUT2D eigenvalue weighted by atomic mass is 79.9. The molecule has 2 nitrogen and oxygen atoms in total. The summed E-state index contributed by atoms with van der Waals surface area (Å²) in [5.74, 6) is -0.0509. The summed E-state index contributed by atoms with van der Waals surface area (Å²) in [5, 5.41) is 0.395. The molecular weight excluding hydrogens is 328 g/mol. The number of ether oxygens (including phenoxy) is 1. The molecule has 0 aliphatic rings. The van der Waals surface area contributed by atoms with Gasteiger partial charge in [0.2, 0.25) is 0 Å². The monoisotopic (exact) mass is 338 g/mol. The summed E-state index contributed by atoms with van der Waals surface area (Å²) in [7, 11) is 0. The van der Waals surface area contributed by atoms with Crippen molar-refractivity contribution < 1.29 is 9.53 Å². The smallest absolute Gasteiger partial charge is 0.343 e. The molecule has 19 heavy (non-hydrogen) atoms. The third kappa shape index (κ3) is 3.58. The topological polar surface area (TPSA) is 26.3 Å². The van der Waals surface area contributed by atoms with Gasteiger partial charge in [0.25, 0.3) is 0 Å². The third-order valence-corrected chi connectivity index (χ3v) is 3.34. The Kier molecular flexibility index (Phi) is 4.27. The summed E-state index contributed by atoms with van der Waals surface area (Å²) in [6, 6.07) is 10.7.